The van der Waals surface area contributed by atoms with Gasteiger partial charge in [-0.3, -0.25) is 4.55 Å². The van der Waals surface area contributed by atoms with Crippen molar-refractivity contribution in [1.82, 2.24) is 0 Å². The molecule has 1 N–H and O–H groups in total. The second-order valence-electron chi connectivity index (χ2n) is 3.48. The van der Waals surface area contributed by atoms with Crippen LogP contribution in [0.5, 0.6) is 0 Å². The summed E-state index contributed by atoms with van der Waals surface area (Å²) in [5.74, 6) is -0.0964. The molecule has 0 unspecified atom stereocenters. The molecule has 0 heterocycles. The van der Waals surface area contributed by atoms with Gasteiger partial charge in [0.25, 0.3) is 10.1 Å². The summed E-state index contributed by atoms with van der Waals surface area (Å²) in [6.07, 6.45) is 2.39. The van der Waals surface area contributed by atoms with Crippen molar-refractivity contribution in [1.29, 1.82) is 0 Å². The maximum atomic E-state index is 10.1. The Kier molecular flexibility index (Phi) is 23.1. The third-order valence-corrected chi connectivity index (χ3v) is 1.81. The molecule has 0 saturated heterocycles. The van der Waals surface area contributed by atoms with E-state index in [1.807, 2.05) is 6.92 Å². The Bertz CT molecular complexity index is 336. The molecule has 0 aromatic heterocycles. The van der Waals surface area contributed by atoms with Crippen LogP contribution in [0.2, 0.25) is 0 Å². The second-order valence-corrected chi connectivity index (χ2v) is 5.05. The van der Waals surface area contributed by atoms with Gasteiger partial charge in [-0.2, -0.15) is 8.42 Å². The molecule has 0 aromatic carbocycles. The van der Waals surface area contributed by atoms with E-state index in [0.717, 1.165) is 12.8 Å². The molecular weight excluding hydrogens is 407 g/mol. The number of rotatable bonds is 4. The summed E-state index contributed by atoms with van der Waals surface area (Å²) in [7, 11) is -21.7. The van der Waals surface area contributed by atoms with E-state index in [2.05, 4.69) is 0 Å². The van der Waals surface area contributed by atoms with Gasteiger partial charge in [0.1, 0.15) is 0 Å². The molecule has 0 aliphatic carbocycles. The molecule has 0 radical (unpaired) electrons. The van der Waals surface area contributed by atoms with Crippen molar-refractivity contribution in [3.05, 3.63) is 0 Å². The minimum atomic E-state index is -6.00. The molecule has 0 bridgehead atoms. The molecule has 154 valence electrons. The first-order chi connectivity index (χ1) is 10.1. The fourth-order valence-electron chi connectivity index (χ4n) is 0.534. The van der Waals surface area contributed by atoms with E-state index in [0.29, 0.717) is 6.42 Å². The molecule has 25 heavy (non-hydrogen) atoms. The molecule has 0 fully saturated rings. The van der Waals surface area contributed by atoms with Crippen LogP contribution in [0, 0.1) is 0 Å². The van der Waals surface area contributed by atoms with E-state index in [4.69, 9.17) is 4.55 Å². The van der Waals surface area contributed by atoms with E-state index in [1.165, 1.54) is 0 Å². The first-order valence-electron chi connectivity index (χ1n) is 5.63. The first-order valence-corrected chi connectivity index (χ1v) is 7.24. The molecule has 0 amide bonds. The molecule has 0 atom stereocenters. The molecule has 0 spiro atoms. The van der Waals surface area contributed by atoms with Crippen LogP contribution in [0.3, 0.4) is 0 Å². The molecule has 0 aromatic rings. The van der Waals surface area contributed by atoms with Crippen LogP contribution >= 0.6 is 0 Å². The fourth-order valence-corrected chi connectivity index (χ4v) is 1.10. The zero-order valence-corrected chi connectivity index (χ0v) is 12.6. The van der Waals surface area contributed by atoms with Crippen molar-refractivity contribution in [2.75, 3.05) is 5.75 Å². The molecule has 0 aliphatic rings. The monoisotopic (exact) mass is 421 g/mol. The Morgan fingerprint density at radius 1 is 0.680 bits per heavy atom. The Labute approximate surface area is 148 Å². The van der Waals surface area contributed by atoms with Crippen molar-refractivity contribution >= 4 is 50.7 Å². The maximum absolute atomic E-state index is 10.1. The van der Waals surface area contributed by atoms with Crippen LogP contribution in [-0.4, -0.2) is 59.3 Å². The average Bonchev–Trinajstić information content (AvgIpc) is 2.06. The van der Waals surface area contributed by atoms with E-state index in [-0.39, 0.29) is 24.6 Å². The van der Waals surface area contributed by atoms with Gasteiger partial charge in [-0.1, -0.05) is 19.8 Å². The van der Waals surface area contributed by atoms with Gasteiger partial charge in [0, 0.05) is 0 Å². The summed E-state index contributed by atoms with van der Waals surface area (Å²) in [5, 5.41) is 0. The number of unbranched alkanes of at least 4 members (excludes halogenated alkanes) is 2. The summed E-state index contributed by atoms with van der Waals surface area (Å²) in [5.41, 5.74) is 0. The SMILES string of the molecule is CCCCCS(=O)(=O)O.F[B-](F)(F)F.F[B-](F)(F)F.F[B-](F)(F)F.[LiH]. The first kappa shape index (κ1) is 35.9. The van der Waals surface area contributed by atoms with Gasteiger partial charge < -0.3 is 51.8 Å². The van der Waals surface area contributed by atoms with Crippen molar-refractivity contribution < 1.29 is 64.8 Å². The van der Waals surface area contributed by atoms with Gasteiger partial charge in [-0.25, -0.2) is 0 Å². The quantitative estimate of drug-likeness (QED) is 0.319. The van der Waals surface area contributed by atoms with Gasteiger partial charge >= 0.3 is 40.6 Å². The topological polar surface area (TPSA) is 54.4 Å². The number of hydrogen-bond donors (Lipinski definition) is 1. The van der Waals surface area contributed by atoms with Crippen LogP contribution in [0.4, 0.5) is 51.8 Å². The van der Waals surface area contributed by atoms with Crippen LogP contribution in [0.1, 0.15) is 26.2 Å². The van der Waals surface area contributed by atoms with Crippen molar-refractivity contribution in [2.24, 2.45) is 0 Å². The minimum absolute atomic E-state index is 0. The molecule has 3 nitrogen and oxygen atoms in total. The predicted octanol–water partition coefficient (Wildman–Crippen LogP) is 4.32. The molecule has 0 rings (SSSR count). The molecule has 0 saturated carbocycles. The summed E-state index contributed by atoms with van der Waals surface area (Å²) in [6, 6.07) is 0. The molecule has 20 heteroatoms. The normalized spacial score (nSPS) is 11.4. The third kappa shape index (κ3) is 332. The van der Waals surface area contributed by atoms with E-state index in [9.17, 15) is 60.2 Å². The van der Waals surface area contributed by atoms with Gasteiger partial charge in [-0.05, 0) is 6.42 Å². The molecular formula is C5H13B3F12LiO3S-3. The zero-order valence-electron chi connectivity index (χ0n) is 11.8. The third-order valence-electron chi connectivity index (χ3n) is 1.01. The van der Waals surface area contributed by atoms with Crippen LogP contribution in [-0.2, 0) is 10.1 Å². The Balaban J connectivity index is -0.0000000733. The number of hydrogen-bond acceptors (Lipinski definition) is 2. The van der Waals surface area contributed by atoms with Crippen LogP contribution in [0.15, 0.2) is 0 Å². The van der Waals surface area contributed by atoms with Crippen LogP contribution in [0.25, 0.3) is 0 Å². The van der Waals surface area contributed by atoms with Crippen molar-refractivity contribution in [2.45, 2.75) is 26.2 Å². The fraction of sp³-hybridized carbons (Fsp3) is 1.00. The van der Waals surface area contributed by atoms with Crippen molar-refractivity contribution in [3.8, 4) is 0 Å². The molecule has 0 aliphatic heterocycles. The Morgan fingerprint density at radius 2 is 0.880 bits per heavy atom. The van der Waals surface area contributed by atoms with Crippen LogP contribution < -0.4 is 0 Å². The van der Waals surface area contributed by atoms with E-state index >= 15 is 0 Å². The van der Waals surface area contributed by atoms with E-state index < -0.39 is 31.9 Å². The van der Waals surface area contributed by atoms with Gasteiger partial charge in [0.15, 0.2) is 0 Å². The Morgan fingerprint density at radius 3 is 1.00 bits per heavy atom. The van der Waals surface area contributed by atoms with Gasteiger partial charge in [-0.15, -0.1) is 0 Å². The summed E-state index contributed by atoms with van der Waals surface area (Å²) < 4.78 is 145. The van der Waals surface area contributed by atoms with Crippen molar-refractivity contribution in [3.63, 3.8) is 0 Å². The van der Waals surface area contributed by atoms with Gasteiger partial charge in [0.05, 0.1) is 5.75 Å². The Hall–Kier alpha value is -0.138. The number of halogens is 12. The average molecular weight is 421 g/mol. The predicted molar refractivity (Wildman–Crippen MR) is 73.6 cm³/mol. The standard InChI is InChI=1S/C5H12O3S.3BF4.Li.H/c1-2-3-4-5-9(6,7)8;3*2-1(3,4)5;;/h2-5H2,1H3,(H,6,7,8);;;;;/q;3*-1;;. The van der Waals surface area contributed by atoms with Gasteiger partial charge in [0.2, 0.25) is 0 Å². The summed E-state index contributed by atoms with van der Waals surface area (Å²) >= 11 is 0. The summed E-state index contributed by atoms with van der Waals surface area (Å²) in [4.78, 5) is 0. The second kappa shape index (κ2) is 16.1. The summed E-state index contributed by atoms with van der Waals surface area (Å²) in [6.45, 7) is 1.98. The van der Waals surface area contributed by atoms with E-state index in [1.54, 1.807) is 0 Å². The zero-order chi connectivity index (χ0) is 20.8.